The molecule has 1 aliphatic heterocycles. The van der Waals surface area contributed by atoms with Gasteiger partial charge < -0.3 is 14.8 Å². The van der Waals surface area contributed by atoms with Gasteiger partial charge in [-0.15, -0.1) is 0 Å². The Kier molecular flexibility index (Phi) is 6.11. The van der Waals surface area contributed by atoms with Crippen molar-refractivity contribution in [2.45, 2.75) is 17.7 Å². The predicted octanol–water partition coefficient (Wildman–Crippen LogP) is 3.68. The number of anilines is 2. The molecule has 2 aromatic carbocycles. The van der Waals surface area contributed by atoms with Crippen molar-refractivity contribution in [3.05, 3.63) is 47.5 Å². The zero-order chi connectivity index (χ0) is 22.9. The largest absolute Gasteiger partial charge is 0.493 e. The van der Waals surface area contributed by atoms with Crippen molar-refractivity contribution < 1.29 is 22.3 Å². The fraction of sp³-hybridized carbons (Fsp3) is 0.333. The maximum Gasteiger partial charge on any atom is 0.169 e. The zero-order valence-electron chi connectivity index (χ0n) is 17.5. The highest BCUT2D eigenvalue weighted by atomic mass is 35.5. The Hall–Kier alpha value is -2.69. The molecule has 32 heavy (non-hydrogen) atoms. The number of aromatic nitrogens is 2. The van der Waals surface area contributed by atoms with Crippen LogP contribution in [-0.2, 0) is 9.84 Å². The Morgan fingerprint density at radius 2 is 2.09 bits per heavy atom. The summed E-state index contributed by atoms with van der Waals surface area (Å²) in [5, 5.41) is 6.52. The summed E-state index contributed by atoms with van der Waals surface area (Å²) in [7, 11) is -1.94. The highest BCUT2D eigenvalue weighted by molar-refractivity contribution is 7.92. The number of sulfone groups is 1. The molecule has 1 fully saturated rings. The van der Waals surface area contributed by atoms with Gasteiger partial charge in [0.05, 0.1) is 23.3 Å². The smallest absolute Gasteiger partial charge is 0.169 e. The van der Waals surface area contributed by atoms with Crippen LogP contribution in [0.2, 0.25) is 5.02 Å². The van der Waals surface area contributed by atoms with Gasteiger partial charge in [-0.05, 0) is 37.6 Å². The van der Waals surface area contributed by atoms with Crippen LogP contribution in [0.3, 0.4) is 0 Å². The van der Waals surface area contributed by atoms with Gasteiger partial charge in [0.2, 0.25) is 0 Å². The summed E-state index contributed by atoms with van der Waals surface area (Å²) >= 11 is 5.88. The lowest BCUT2D eigenvalue weighted by atomic mass is 10.2. The van der Waals surface area contributed by atoms with Gasteiger partial charge in [-0.2, -0.15) is 0 Å². The topological polar surface area (TPSA) is 102 Å². The predicted molar refractivity (Wildman–Crippen MR) is 121 cm³/mol. The molecular formula is C21H22ClFN4O4S. The SMILES string of the molecule is COc1cc2ncnc(Nc3cccc(Cl)c3F)c2cc1OC[C@@]1(S(C)(=O)=O)CCCN1. The highest BCUT2D eigenvalue weighted by Crippen LogP contribution is 2.37. The minimum absolute atomic E-state index is 0.0193. The number of fused-ring (bicyclic) bond motifs is 1. The number of methoxy groups -OCH3 is 1. The Labute approximate surface area is 190 Å². The van der Waals surface area contributed by atoms with Gasteiger partial charge in [-0.3, -0.25) is 5.32 Å². The third-order valence-electron chi connectivity index (χ3n) is 5.50. The van der Waals surface area contributed by atoms with E-state index in [1.54, 1.807) is 18.2 Å². The standard InChI is InChI=1S/C21H22ClFN4O4S/c1-30-17-10-16-13(9-18(17)31-11-21(32(2,28)29)7-4-8-26-21)20(25-12-24-16)27-15-6-3-5-14(22)19(15)23/h3,5-6,9-10,12,26H,4,7-8,11H2,1-2H3,(H,24,25,27)/t21-/m0/s1. The van der Waals surface area contributed by atoms with Crippen molar-refractivity contribution in [1.82, 2.24) is 15.3 Å². The second-order valence-electron chi connectivity index (χ2n) is 7.55. The first-order chi connectivity index (χ1) is 15.2. The minimum Gasteiger partial charge on any atom is -0.493 e. The molecule has 11 heteroatoms. The van der Waals surface area contributed by atoms with Gasteiger partial charge in [0.15, 0.2) is 32.0 Å². The number of hydrogen-bond donors (Lipinski definition) is 2. The Morgan fingerprint density at radius 1 is 1.28 bits per heavy atom. The van der Waals surface area contributed by atoms with E-state index in [0.29, 0.717) is 41.2 Å². The highest BCUT2D eigenvalue weighted by Gasteiger charge is 2.44. The normalized spacial score (nSPS) is 18.6. The van der Waals surface area contributed by atoms with Crippen molar-refractivity contribution in [1.29, 1.82) is 0 Å². The first-order valence-electron chi connectivity index (χ1n) is 9.85. The average Bonchev–Trinajstić information content (AvgIpc) is 3.25. The molecule has 2 heterocycles. The van der Waals surface area contributed by atoms with Crippen molar-refractivity contribution in [2.24, 2.45) is 0 Å². The maximum atomic E-state index is 14.4. The maximum absolute atomic E-state index is 14.4. The van der Waals surface area contributed by atoms with E-state index in [9.17, 15) is 12.8 Å². The average molecular weight is 481 g/mol. The lowest BCUT2D eigenvalue weighted by Gasteiger charge is -2.27. The summed E-state index contributed by atoms with van der Waals surface area (Å²) in [5.41, 5.74) is 0.688. The molecule has 0 radical (unpaired) electrons. The molecule has 1 aliphatic rings. The molecule has 8 nitrogen and oxygen atoms in total. The number of nitrogens with one attached hydrogen (secondary N) is 2. The van der Waals surface area contributed by atoms with Crippen molar-refractivity contribution in [3.63, 3.8) is 0 Å². The van der Waals surface area contributed by atoms with E-state index < -0.39 is 20.5 Å². The number of ether oxygens (including phenoxy) is 2. The van der Waals surface area contributed by atoms with Gasteiger partial charge in [0, 0.05) is 17.7 Å². The van der Waals surface area contributed by atoms with Gasteiger partial charge >= 0.3 is 0 Å². The molecule has 1 atom stereocenters. The molecule has 170 valence electrons. The summed E-state index contributed by atoms with van der Waals surface area (Å²) in [6, 6.07) is 7.90. The Morgan fingerprint density at radius 3 is 2.78 bits per heavy atom. The van der Waals surface area contributed by atoms with Crippen LogP contribution in [0.5, 0.6) is 11.5 Å². The molecule has 0 saturated carbocycles. The second kappa shape index (κ2) is 8.68. The molecule has 1 aromatic heterocycles. The number of hydrogen-bond acceptors (Lipinski definition) is 8. The van der Waals surface area contributed by atoms with Crippen LogP contribution in [0.1, 0.15) is 12.8 Å². The number of halogens is 2. The number of rotatable bonds is 7. The third kappa shape index (κ3) is 4.17. The minimum atomic E-state index is -3.42. The van der Waals surface area contributed by atoms with E-state index >= 15 is 0 Å². The fourth-order valence-corrected chi connectivity index (χ4v) is 5.01. The van der Waals surface area contributed by atoms with Crippen molar-refractivity contribution >= 4 is 43.8 Å². The van der Waals surface area contributed by atoms with Crippen molar-refractivity contribution in [2.75, 3.05) is 31.8 Å². The molecule has 2 N–H and O–H groups in total. The summed E-state index contributed by atoms with van der Waals surface area (Å²) in [4.78, 5) is 7.31. The monoisotopic (exact) mass is 480 g/mol. The van der Waals surface area contributed by atoms with E-state index in [2.05, 4.69) is 20.6 Å². The molecule has 3 aromatic rings. The lowest BCUT2D eigenvalue weighted by molar-refractivity contribution is 0.241. The van der Waals surface area contributed by atoms with Crippen LogP contribution < -0.4 is 20.1 Å². The van der Waals surface area contributed by atoms with Crippen LogP contribution >= 0.6 is 11.6 Å². The fourth-order valence-electron chi connectivity index (χ4n) is 3.68. The van der Waals surface area contributed by atoms with Crippen LogP contribution in [0.15, 0.2) is 36.7 Å². The number of benzene rings is 2. The summed E-state index contributed by atoms with van der Waals surface area (Å²) < 4.78 is 50.6. The summed E-state index contributed by atoms with van der Waals surface area (Å²) in [6.07, 6.45) is 3.72. The van der Waals surface area contributed by atoms with E-state index in [1.165, 1.54) is 31.8 Å². The van der Waals surface area contributed by atoms with Crippen LogP contribution in [0, 0.1) is 5.82 Å². The molecule has 0 aliphatic carbocycles. The molecule has 4 rings (SSSR count). The van der Waals surface area contributed by atoms with E-state index in [0.717, 1.165) is 6.42 Å². The summed E-state index contributed by atoms with van der Waals surface area (Å²) in [6.45, 7) is 0.505. The lowest BCUT2D eigenvalue weighted by Crippen LogP contribution is -2.51. The molecule has 0 spiro atoms. The van der Waals surface area contributed by atoms with Gasteiger partial charge in [0.1, 0.15) is 18.8 Å². The number of nitrogens with zero attached hydrogens (tertiary/aromatic N) is 2. The molecule has 0 amide bonds. The van der Waals surface area contributed by atoms with E-state index in [1.807, 2.05) is 0 Å². The van der Waals surface area contributed by atoms with Gasteiger partial charge in [0.25, 0.3) is 0 Å². The van der Waals surface area contributed by atoms with E-state index in [-0.39, 0.29) is 17.3 Å². The third-order valence-corrected chi connectivity index (χ3v) is 7.68. The first kappa shape index (κ1) is 22.5. The van der Waals surface area contributed by atoms with Crippen LogP contribution in [0.4, 0.5) is 15.9 Å². The Bertz CT molecular complexity index is 1270. The molecule has 0 unspecified atom stereocenters. The molecular weight excluding hydrogens is 459 g/mol. The van der Waals surface area contributed by atoms with Crippen LogP contribution in [-0.4, -0.2) is 49.8 Å². The Balaban J connectivity index is 1.72. The van der Waals surface area contributed by atoms with Crippen molar-refractivity contribution in [3.8, 4) is 11.5 Å². The van der Waals surface area contributed by atoms with Gasteiger partial charge in [-0.1, -0.05) is 17.7 Å². The molecule has 0 bridgehead atoms. The molecule has 1 saturated heterocycles. The summed E-state index contributed by atoms with van der Waals surface area (Å²) in [5.74, 6) is 0.438. The zero-order valence-corrected chi connectivity index (χ0v) is 19.1. The quantitative estimate of drug-likeness (QED) is 0.528. The second-order valence-corrected chi connectivity index (χ2v) is 10.3. The van der Waals surface area contributed by atoms with Crippen LogP contribution in [0.25, 0.3) is 10.9 Å². The van der Waals surface area contributed by atoms with Gasteiger partial charge in [-0.25, -0.2) is 22.8 Å². The van der Waals surface area contributed by atoms with E-state index in [4.69, 9.17) is 21.1 Å². The first-order valence-corrected chi connectivity index (χ1v) is 12.1.